The van der Waals surface area contributed by atoms with Crippen LogP contribution in [-0.2, 0) is 0 Å². The van der Waals surface area contributed by atoms with Gasteiger partial charge >= 0.3 is 0 Å². The molecule has 1 aliphatic rings. The Labute approximate surface area is 126 Å². The molecular formula is C17H25FN2O. The number of amides is 1. The standard InChI is InChI=1S/C17H25FN2O/c1-3-10-19-16-14(8-5-9-15(16)18)17(21)20-13-7-4-6-12(2)11-13/h5,8-9,12-13,19H,3-4,6-7,10-11H2,1-2H3,(H,20,21). The fraction of sp³-hybridized carbons (Fsp3) is 0.588. The first-order valence-electron chi connectivity index (χ1n) is 7.95. The second-order valence-corrected chi connectivity index (χ2v) is 6.03. The number of para-hydroxylation sites is 1. The average Bonchev–Trinajstić information content (AvgIpc) is 2.45. The summed E-state index contributed by atoms with van der Waals surface area (Å²) in [5, 5.41) is 6.09. The summed E-state index contributed by atoms with van der Waals surface area (Å²) in [6, 6.07) is 4.87. The number of carbonyl (C=O) groups excluding carboxylic acids is 1. The molecule has 2 atom stereocenters. The zero-order chi connectivity index (χ0) is 15.2. The molecule has 0 saturated heterocycles. The quantitative estimate of drug-likeness (QED) is 0.862. The van der Waals surface area contributed by atoms with Gasteiger partial charge in [-0.1, -0.05) is 32.8 Å². The van der Waals surface area contributed by atoms with Crippen molar-refractivity contribution in [1.29, 1.82) is 0 Å². The normalized spacial score (nSPS) is 21.9. The Hall–Kier alpha value is -1.58. The van der Waals surface area contributed by atoms with Crippen LogP contribution in [0.4, 0.5) is 10.1 Å². The van der Waals surface area contributed by atoms with E-state index in [1.54, 1.807) is 12.1 Å². The zero-order valence-electron chi connectivity index (χ0n) is 12.9. The van der Waals surface area contributed by atoms with E-state index in [1.165, 1.54) is 12.5 Å². The lowest BCUT2D eigenvalue weighted by molar-refractivity contribution is 0.0922. The lowest BCUT2D eigenvalue weighted by Crippen LogP contribution is -2.38. The van der Waals surface area contributed by atoms with Crippen LogP contribution in [0.3, 0.4) is 0 Å². The SMILES string of the molecule is CCCNc1c(F)cccc1C(=O)NC1CCCC(C)C1. The minimum absolute atomic E-state index is 0.174. The number of hydrogen-bond donors (Lipinski definition) is 2. The van der Waals surface area contributed by atoms with Crippen molar-refractivity contribution in [2.24, 2.45) is 5.92 Å². The van der Waals surface area contributed by atoms with Gasteiger partial charge in [0.15, 0.2) is 0 Å². The van der Waals surface area contributed by atoms with E-state index in [2.05, 4.69) is 17.6 Å². The van der Waals surface area contributed by atoms with Gasteiger partial charge < -0.3 is 10.6 Å². The lowest BCUT2D eigenvalue weighted by Gasteiger charge is -2.27. The predicted molar refractivity (Wildman–Crippen MR) is 84.1 cm³/mol. The van der Waals surface area contributed by atoms with E-state index in [9.17, 15) is 9.18 Å². The highest BCUT2D eigenvalue weighted by Gasteiger charge is 2.22. The summed E-state index contributed by atoms with van der Waals surface area (Å²) < 4.78 is 13.9. The predicted octanol–water partition coefficient (Wildman–Crippen LogP) is 3.96. The van der Waals surface area contributed by atoms with Crippen LogP contribution in [0.2, 0.25) is 0 Å². The third-order valence-electron chi connectivity index (χ3n) is 4.08. The maximum atomic E-state index is 13.9. The van der Waals surface area contributed by atoms with Gasteiger partial charge in [0, 0.05) is 12.6 Å². The van der Waals surface area contributed by atoms with Gasteiger partial charge in [-0.3, -0.25) is 4.79 Å². The van der Waals surface area contributed by atoms with Crippen molar-refractivity contribution in [1.82, 2.24) is 5.32 Å². The molecule has 2 rings (SSSR count). The number of halogens is 1. The molecule has 21 heavy (non-hydrogen) atoms. The van der Waals surface area contributed by atoms with E-state index in [4.69, 9.17) is 0 Å². The van der Waals surface area contributed by atoms with E-state index >= 15 is 0 Å². The number of carbonyl (C=O) groups is 1. The molecule has 0 aliphatic heterocycles. The molecule has 3 nitrogen and oxygen atoms in total. The first kappa shape index (κ1) is 15.8. The van der Waals surface area contributed by atoms with Gasteiger partial charge in [-0.2, -0.15) is 0 Å². The lowest BCUT2D eigenvalue weighted by atomic mass is 9.87. The summed E-state index contributed by atoms with van der Waals surface area (Å²) in [6.07, 6.45) is 5.29. The monoisotopic (exact) mass is 292 g/mol. The third-order valence-corrected chi connectivity index (χ3v) is 4.08. The van der Waals surface area contributed by atoms with Crippen molar-refractivity contribution < 1.29 is 9.18 Å². The van der Waals surface area contributed by atoms with Gasteiger partial charge in [0.05, 0.1) is 11.3 Å². The highest BCUT2D eigenvalue weighted by molar-refractivity contribution is 5.99. The smallest absolute Gasteiger partial charge is 0.253 e. The van der Waals surface area contributed by atoms with Crippen LogP contribution in [0.25, 0.3) is 0 Å². The van der Waals surface area contributed by atoms with Gasteiger partial charge in [-0.05, 0) is 37.3 Å². The van der Waals surface area contributed by atoms with Crippen molar-refractivity contribution in [2.75, 3.05) is 11.9 Å². The topological polar surface area (TPSA) is 41.1 Å². The van der Waals surface area contributed by atoms with Crippen molar-refractivity contribution in [3.05, 3.63) is 29.6 Å². The van der Waals surface area contributed by atoms with Crippen LogP contribution in [-0.4, -0.2) is 18.5 Å². The van der Waals surface area contributed by atoms with Crippen LogP contribution in [0.1, 0.15) is 56.3 Å². The Morgan fingerprint density at radius 3 is 2.90 bits per heavy atom. The second kappa shape index (κ2) is 7.43. The summed E-state index contributed by atoms with van der Waals surface area (Å²) in [6.45, 7) is 4.88. The first-order chi connectivity index (χ1) is 10.1. The van der Waals surface area contributed by atoms with Crippen molar-refractivity contribution in [3.63, 3.8) is 0 Å². The largest absolute Gasteiger partial charge is 0.382 e. The molecule has 1 aromatic carbocycles. The molecule has 0 heterocycles. The Morgan fingerprint density at radius 2 is 2.19 bits per heavy atom. The number of benzene rings is 1. The van der Waals surface area contributed by atoms with Crippen LogP contribution in [0.5, 0.6) is 0 Å². The molecule has 4 heteroatoms. The van der Waals surface area contributed by atoms with Crippen molar-refractivity contribution >= 4 is 11.6 Å². The van der Waals surface area contributed by atoms with Gasteiger partial charge in [0.2, 0.25) is 0 Å². The molecule has 1 amide bonds. The Morgan fingerprint density at radius 1 is 1.38 bits per heavy atom. The van der Waals surface area contributed by atoms with Crippen LogP contribution in [0, 0.1) is 11.7 Å². The fourth-order valence-electron chi connectivity index (χ4n) is 2.97. The Balaban J connectivity index is 2.09. The molecule has 0 bridgehead atoms. The van der Waals surface area contributed by atoms with E-state index in [1.807, 2.05) is 6.92 Å². The summed E-state index contributed by atoms with van der Waals surface area (Å²) in [5.74, 6) is 0.106. The summed E-state index contributed by atoms with van der Waals surface area (Å²) in [5.41, 5.74) is 0.724. The van der Waals surface area contributed by atoms with E-state index in [0.29, 0.717) is 23.7 Å². The number of hydrogen-bond acceptors (Lipinski definition) is 2. The molecule has 1 saturated carbocycles. The summed E-state index contributed by atoms with van der Waals surface area (Å²) in [7, 11) is 0. The zero-order valence-corrected chi connectivity index (χ0v) is 12.9. The van der Waals surface area contributed by atoms with Crippen LogP contribution >= 0.6 is 0 Å². The summed E-state index contributed by atoms with van der Waals surface area (Å²) >= 11 is 0. The minimum atomic E-state index is -0.367. The first-order valence-corrected chi connectivity index (χ1v) is 7.95. The van der Waals surface area contributed by atoms with Crippen molar-refractivity contribution in [2.45, 2.75) is 52.0 Å². The fourth-order valence-corrected chi connectivity index (χ4v) is 2.97. The molecule has 1 aliphatic carbocycles. The van der Waals surface area contributed by atoms with E-state index < -0.39 is 0 Å². The Kier molecular flexibility index (Phi) is 5.59. The molecule has 2 unspecified atom stereocenters. The molecule has 1 aromatic rings. The number of rotatable bonds is 5. The van der Waals surface area contributed by atoms with Gasteiger partial charge in [0.1, 0.15) is 5.82 Å². The molecular weight excluding hydrogens is 267 g/mol. The molecule has 0 radical (unpaired) electrons. The minimum Gasteiger partial charge on any atom is -0.382 e. The highest BCUT2D eigenvalue weighted by atomic mass is 19.1. The highest BCUT2D eigenvalue weighted by Crippen LogP contribution is 2.25. The molecule has 1 fully saturated rings. The molecule has 0 aromatic heterocycles. The maximum Gasteiger partial charge on any atom is 0.253 e. The molecule has 0 spiro atoms. The van der Waals surface area contributed by atoms with Gasteiger partial charge in [-0.25, -0.2) is 4.39 Å². The van der Waals surface area contributed by atoms with E-state index in [0.717, 1.165) is 25.7 Å². The molecule has 116 valence electrons. The van der Waals surface area contributed by atoms with Crippen LogP contribution < -0.4 is 10.6 Å². The average molecular weight is 292 g/mol. The van der Waals surface area contributed by atoms with E-state index in [-0.39, 0.29) is 17.8 Å². The Bertz CT molecular complexity index is 490. The summed E-state index contributed by atoms with van der Waals surface area (Å²) in [4.78, 5) is 12.4. The molecule has 2 N–H and O–H groups in total. The maximum absolute atomic E-state index is 13.9. The number of nitrogens with one attached hydrogen (secondary N) is 2. The van der Waals surface area contributed by atoms with Crippen LogP contribution in [0.15, 0.2) is 18.2 Å². The van der Waals surface area contributed by atoms with Crippen molar-refractivity contribution in [3.8, 4) is 0 Å². The van der Waals surface area contributed by atoms with Gasteiger partial charge in [0.25, 0.3) is 5.91 Å². The third kappa shape index (κ3) is 4.19. The van der Waals surface area contributed by atoms with Gasteiger partial charge in [-0.15, -0.1) is 0 Å². The number of anilines is 1. The second-order valence-electron chi connectivity index (χ2n) is 6.03.